The fourth-order valence-corrected chi connectivity index (χ4v) is 2.97. The van der Waals surface area contributed by atoms with Crippen LogP contribution in [0.5, 0.6) is 23.0 Å². The molecule has 2 rings (SSSR count). The summed E-state index contributed by atoms with van der Waals surface area (Å²) in [7, 11) is 2.80. The van der Waals surface area contributed by atoms with Gasteiger partial charge in [-0.2, -0.15) is 10.2 Å². The third-order valence-corrected chi connectivity index (χ3v) is 4.99. The number of carbonyl (C=O) groups is 2. The predicted octanol–water partition coefficient (Wildman–Crippen LogP) is 2.24. The summed E-state index contributed by atoms with van der Waals surface area (Å²) in [5, 5.41) is 27.0. The quantitative estimate of drug-likeness (QED) is 0.250. The topological polar surface area (TPSA) is 142 Å². The maximum atomic E-state index is 11.8. The third-order valence-electron chi connectivity index (χ3n) is 3.56. The minimum atomic E-state index is -1.05. The fourth-order valence-electron chi connectivity index (χ4n) is 2.08. The van der Waals surface area contributed by atoms with Crippen molar-refractivity contribution in [2.45, 2.75) is 0 Å². The number of rotatable bonds is 6. The highest BCUT2D eigenvalue weighted by Gasteiger charge is 2.13. The number of benzene rings is 2. The molecule has 0 radical (unpaired) electrons. The van der Waals surface area contributed by atoms with Gasteiger partial charge in [0, 0.05) is 5.56 Å². The van der Waals surface area contributed by atoms with E-state index < -0.39 is 11.8 Å². The molecule has 2 aromatic carbocycles. The second-order valence-corrected chi connectivity index (χ2v) is 7.12. The van der Waals surface area contributed by atoms with Gasteiger partial charge in [-0.15, -0.1) is 0 Å². The number of halogens is 2. The number of carbonyl (C=O) groups excluding carboxylic acids is 2. The van der Waals surface area contributed by atoms with Gasteiger partial charge in [0.1, 0.15) is 0 Å². The molecule has 4 N–H and O–H groups in total. The van der Waals surface area contributed by atoms with Gasteiger partial charge in [-0.1, -0.05) is 0 Å². The number of ether oxygens (including phenoxy) is 2. The molecule has 0 saturated heterocycles. The molecule has 0 aliphatic rings. The van der Waals surface area contributed by atoms with E-state index in [4.69, 9.17) is 9.47 Å². The van der Waals surface area contributed by atoms with Crippen LogP contribution < -0.4 is 20.3 Å². The fraction of sp³-hybridized carbons (Fsp3) is 0.111. The largest absolute Gasteiger partial charge is 0.503 e. The Morgan fingerprint density at radius 3 is 2.13 bits per heavy atom. The van der Waals surface area contributed by atoms with Crippen molar-refractivity contribution in [3.8, 4) is 23.0 Å². The van der Waals surface area contributed by atoms with Crippen LogP contribution in [-0.4, -0.2) is 48.7 Å². The zero-order chi connectivity index (χ0) is 22.3. The number of phenols is 2. The van der Waals surface area contributed by atoms with Crippen LogP contribution in [-0.2, 0) is 9.59 Å². The molecule has 158 valence electrons. The number of hydrazone groups is 2. The molecule has 0 bridgehead atoms. The number of phenolic OH excluding ortho intramolecular Hbond substituents is 2. The van der Waals surface area contributed by atoms with Crippen LogP contribution in [0.25, 0.3) is 0 Å². The van der Waals surface area contributed by atoms with E-state index >= 15 is 0 Å². The first kappa shape index (κ1) is 23.2. The van der Waals surface area contributed by atoms with E-state index in [1.165, 1.54) is 38.8 Å². The van der Waals surface area contributed by atoms with Crippen molar-refractivity contribution in [1.29, 1.82) is 0 Å². The number of methoxy groups -OCH3 is 2. The molecule has 2 amide bonds. The van der Waals surface area contributed by atoms with Gasteiger partial charge in [-0.25, -0.2) is 10.9 Å². The van der Waals surface area contributed by atoms with Gasteiger partial charge in [0.05, 0.1) is 35.6 Å². The molecule has 0 aromatic heterocycles. The molecule has 12 heteroatoms. The van der Waals surface area contributed by atoms with E-state index in [9.17, 15) is 19.8 Å². The number of hydrogen-bond donors (Lipinski definition) is 4. The minimum Gasteiger partial charge on any atom is -0.503 e. The lowest BCUT2D eigenvalue weighted by Gasteiger charge is -2.06. The summed E-state index contributed by atoms with van der Waals surface area (Å²) in [6.07, 6.45) is 2.50. The SMILES string of the molecule is COc1cc(/C=N\NC(=O)C(=O)N/N=C\c2ccc(OC)c(O)c2Br)cc(Br)c1O. The van der Waals surface area contributed by atoms with Gasteiger partial charge in [-0.05, 0) is 61.7 Å². The summed E-state index contributed by atoms with van der Waals surface area (Å²) < 4.78 is 10.7. The monoisotopic (exact) mass is 542 g/mol. The standard InChI is InChI=1S/C18H16Br2N4O6/c1-29-12-4-3-10(14(20)16(12)26)8-22-24-18(28)17(27)23-21-7-9-5-11(19)15(25)13(6-9)30-2/h3-8,25-26H,1-2H3,(H,23,27)(H,24,28)/b21-7-,22-8-. The summed E-state index contributed by atoms with van der Waals surface area (Å²) in [4.78, 5) is 23.5. The van der Waals surface area contributed by atoms with Crippen molar-refractivity contribution in [3.63, 3.8) is 0 Å². The van der Waals surface area contributed by atoms with Gasteiger partial charge in [0.15, 0.2) is 23.0 Å². The van der Waals surface area contributed by atoms with Gasteiger partial charge < -0.3 is 19.7 Å². The van der Waals surface area contributed by atoms with E-state index in [2.05, 4.69) is 42.1 Å². The van der Waals surface area contributed by atoms with E-state index in [0.29, 0.717) is 20.1 Å². The molecule has 0 aliphatic carbocycles. The maximum absolute atomic E-state index is 11.8. The van der Waals surface area contributed by atoms with E-state index in [1.54, 1.807) is 12.1 Å². The molecule has 10 nitrogen and oxygen atoms in total. The Hall–Kier alpha value is -3.12. The summed E-state index contributed by atoms with van der Waals surface area (Å²) >= 11 is 6.35. The Morgan fingerprint density at radius 1 is 0.933 bits per heavy atom. The smallest absolute Gasteiger partial charge is 0.331 e. The summed E-state index contributed by atoms with van der Waals surface area (Å²) in [6, 6.07) is 6.14. The van der Waals surface area contributed by atoms with Crippen molar-refractivity contribution in [2.75, 3.05) is 14.2 Å². The molecule has 0 spiro atoms. The first-order chi connectivity index (χ1) is 14.3. The van der Waals surface area contributed by atoms with Crippen LogP contribution in [0.3, 0.4) is 0 Å². The average Bonchev–Trinajstić information content (AvgIpc) is 2.73. The average molecular weight is 544 g/mol. The van der Waals surface area contributed by atoms with Gasteiger partial charge >= 0.3 is 11.8 Å². The van der Waals surface area contributed by atoms with Gasteiger partial charge in [0.2, 0.25) is 0 Å². The van der Waals surface area contributed by atoms with Crippen LogP contribution in [0.1, 0.15) is 11.1 Å². The molecule has 0 atom stereocenters. The van der Waals surface area contributed by atoms with Gasteiger partial charge in [-0.3, -0.25) is 9.59 Å². The van der Waals surface area contributed by atoms with Crippen LogP contribution in [0.4, 0.5) is 0 Å². The van der Waals surface area contributed by atoms with E-state index in [0.717, 1.165) is 0 Å². The Balaban J connectivity index is 1.95. The maximum Gasteiger partial charge on any atom is 0.331 e. The molecule has 0 unspecified atom stereocenters. The highest BCUT2D eigenvalue weighted by atomic mass is 79.9. The van der Waals surface area contributed by atoms with Crippen molar-refractivity contribution >= 4 is 56.1 Å². The Kier molecular flexibility index (Phi) is 8.18. The zero-order valence-electron chi connectivity index (χ0n) is 15.6. The van der Waals surface area contributed by atoms with Crippen molar-refractivity contribution in [3.05, 3.63) is 44.3 Å². The normalized spacial score (nSPS) is 10.9. The number of hydrogen-bond acceptors (Lipinski definition) is 8. The number of nitrogens with one attached hydrogen (secondary N) is 2. The van der Waals surface area contributed by atoms with Crippen LogP contribution in [0.2, 0.25) is 0 Å². The molecule has 30 heavy (non-hydrogen) atoms. The first-order valence-electron chi connectivity index (χ1n) is 8.06. The molecular formula is C18H16Br2N4O6. The number of amides is 2. The molecular weight excluding hydrogens is 528 g/mol. The molecule has 0 aliphatic heterocycles. The van der Waals surface area contributed by atoms with E-state index in [-0.39, 0.29) is 23.0 Å². The lowest BCUT2D eigenvalue weighted by Crippen LogP contribution is -2.35. The zero-order valence-corrected chi connectivity index (χ0v) is 18.8. The molecule has 0 saturated carbocycles. The van der Waals surface area contributed by atoms with Crippen LogP contribution in [0.15, 0.2) is 43.4 Å². The van der Waals surface area contributed by atoms with Gasteiger partial charge in [0.25, 0.3) is 0 Å². The first-order valence-corrected chi connectivity index (χ1v) is 9.65. The Bertz CT molecular complexity index is 1030. The highest BCUT2D eigenvalue weighted by molar-refractivity contribution is 9.11. The highest BCUT2D eigenvalue weighted by Crippen LogP contribution is 2.36. The van der Waals surface area contributed by atoms with E-state index in [1.807, 2.05) is 10.9 Å². The van der Waals surface area contributed by atoms with Crippen molar-refractivity contribution < 1.29 is 29.3 Å². The summed E-state index contributed by atoms with van der Waals surface area (Å²) in [5.74, 6) is -1.84. The molecule has 0 heterocycles. The lowest BCUT2D eigenvalue weighted by molar-refractivity contribution is -0.139. The second-order valence-electron chi connectivity index (χ2n) is 5.47. The van der Waals surface area contributed by atoms with Crippen LogP contribution in [0, 0.1) is 0 Å². The summed E-state index contributed by atoms with van der Waals surface area (Å²) in [5.41, 5.74) is 5.03. The molecule has 0 fully saturated rings. The third kappa shape index (κ3) is 5.70. The Morgan fingerprint density at radius 2 is 1.53 bits per heavy atom. The molecule has 2 aromatic rings. The predicted molar refractivity (Wildman–Crippen MR) is 116 cm³/mol. The van der Waals surface area contributed by atoms with Crippen molar-refractivity contribution in [1.82, 2.24) is 10.9 Å². The minimum absolute atomic E-state index is 0.0762. The van der Waals surface area contributed by atoms with Crippen molar-refractivity contribution in [2.24, 2.45) is 10.2 Å². The summed E-state index contributed by atoms with van der Waals surface area (Å²) in [6.45, 7) is 0. The Labute approximate surface area is 187 Å². The van der Waals surface area contributed by atoms with Crippen LogP contribution >= 0.6 is 31.9 Å². The number of aromatic hydroxyl groups is 2. The number of nitrogens with zero attached hydrogens (tertiary/aromatic N) is 2. The lowest BCUT2D eigenvalue weighted by atomic mass is 10.2. The second kappa shape index (κ2) is 10.6.